The van der Waals surface area contributed by atoms with Gasteiger partial charge in [0.15, 0.2) is 5.17 Å². The van der Waals surface area contributed by atoms with E-state index in [9.17, 15) is 9.59 Å². The molecule has 7 unspecified atom stereocenters. The van der Waals surface area contributed by atoms with Crippen LogP contribution in [-0.2, 0) is 4.79 Å². The normalized spacial score (nSPS) is 36.0. The van der Waals surface area contributed by atoms with Gasteiger partial charge in [-0.25, -0.2) is 4.79 Å². The van der Waals surface area contributed by atoms with Crippen LogP contribution in [0.2, 0.25) is 0 Å². The minimum atomic E-state index is -0.547. The third-order valence-electron chi connectivity index (χ3n) is 7.10. The third-order valence-corrected chi connectivity index (χ3v) is 9.14. The molecule has 0 saturated carbocycles. The summed E-state index contributed by atoms with van der Waals surface area (Å²) in [5, 5.41) is 5.85. The number of likely N-dealkylation sites (tertiary alicyclic amines) is 1. The number of alkyl halides is 1. The highest BCUT2D eigenvalue weighted by molar-refractivity contribution is 8.14. The SMILES string of the molecule is CCN(CC)C1CCN(C2C=CC(Cl)C(C(=O)NC(=O)NC3=NC4C=CC(S)CC4S3)C2)C1. The highest BCUT2D eigenvalue weighted by Gasteiger charge is 2.38. The Morgan fingerprint density at radius 1 is 1.24 bits per heavy atom. The summed E-state index contributed by atoms with van der Waals surface area (Å²) in [5.41, 5.74) is 0. The summed E-state index contributed by atoms with van der Waals surface area (Å²) in [5.74, 6) is -0.786. The number of fused-ring (bicyclic) bond motifs is 1. The first kappa shape index (κ1) is 25.1. The van der Waals surface area contributed by atoms with Crippen LogP contribution in [0.4, 0.5) is 4.79 Å². The standard InChI is InChI=1S/C23H34ClN5O2S2/c1-3-28(4-2)15-9-10-29(13-15)14-5-7-18(24)17(11-14)21(30)26-22(31)27-23-25-19-8-6-16(32)12-20(19)33-23/h5-8,14-20,32H,3-4,9-13H2,1-2H3,(H2,25,26,27,30,31). The van der Waals surface area contributed by atoms with Gasteiger partial charge >= 0.3 is 6.03 Å². The van der Waals surface area contributed by atoms with Crippen molar-refractivity contribution in [3.8, 4) is 0 Å². The number of halogens is 1. The molecule has 2 aliphatic carbocycles. The van der Waals surface area contributed by atoms with Crippen molar-refractivity contribution in [2.45, 2.75) is 67.1 Å². The molecule has 4 rings (SSSR count). The number of amidine groups is 1. The Hall–Kier alpha value is -1.00. The molecule has 2 heterocycles. The molecule has 2 N–H and O–H groups in total. The van der Waals surface area contributed by atoms with Gasteiger partial charge < -0.3 is 0 Å². The number of nitrogens with zero attached hydrogens (tertiary/aromatic N) is 3. The zero-order chi connectivity index (χ0) is 23.5. The molecule has 4 aliphatic rings. The van der Waals surface area contributed by atoms with Gasteiger partial charge in [-0.3, -0.25) is 30.2 Å². The first-order chi connectivity index (χ1) is 15.9. The lowest BCUT2D eigenvalue weighted by atomic mass is 9.89. The van der Waals surface area contributed by atoms with Gasteiger partial charge in [-0.2, -0.15) is 12.6 Å². The molecular formula is C23H34ClN5O2S2. The fourth-order valence-electron chi connectivity index (χ4n) is 5.24. The summed E-state index contributed by atoms with van der Waals surface area (Å²) in [6, 6.07) is 0.231. The van der Waals surface area contributed by atoms with E-state index < -0.39 is 17.3 Å². The average molecular weight is 512 g/mol. The number of hydrogen-bond donors (Lipinski definition) is 3. The molecular weight excluding hydrogens is 478 g/mol. The van der Waals surface area contributed by atoms with Crippen LogP contribution in [0, 0.1) is 5.92 Å². The minimum absolute atomic E-state index is 0.0569. The maximum Gasteiger partial charge on any atom is 0.327 e. The van der Waals surface area contributed by atoms with Gasteiger partial charge in [0.1, 0.15) is 0 Å². The molecule has 1 fully saturated rings. The first-order valence-electron chi connectivity index (χ1n) is 11.9. The number of thiol groups is 1. The number of rotatable bonds is 5. The number of thioether (sulfide) groups is 1. The molecule has 0 bridgehead atoms. The topological polar surface area (TPSA) is 77.0 Å². The number of urea groups is 1. The highest BCUT2D eigenvalue weighted by atomic mass is 35.5. The molecule has 3 amide bonds. The van der Waals surface area contributed by atoms with Crippen molar-refractivity contribution < 1.29 is 9.59 Å². The molecule has 7 nitrogen and oxygen atoms in total. The summed E-state index contributed by atoms with van der Waals surface area (Å²) in [4.78, 5) is 34.9. The second-order valence-corrected chi connectivity index (χ2v) is 11.5. The molecule has 0 aromatic carbocycles. The summed E-state index contributed by atoms with van der Waals surface area (Å²) in [6.07, 6.45) is 10.8. The van der Waals surface area contributed by atoms with Crippen molar-refractivity contribution >= 4 is 53.1 Å². The quantitative estimate of drug-likeness (QED) is 0.300. The van der Waals surface area contributed by atoms with Gasteiger partial charge in [-0.05, 0) is 32.4 Å². The van der Waals surface area contributed by atoms with E-state index in [2.05, 4.69) is 58.0 Å². The second kappa shape index (κ2) is 11.2. The smallest absolute Gasteiger partial charge is 0.300 e. The lowest BCUT2D eigenvalue weighted by Crippen LogP contribution is -2.48. The van der Waals surface area contributed by atoms with Crippen LogP contribution in [0.3, 0.4) is 0 Å². The summed E-state index contributed by atoms with van der Waals surface area (Å²) >= 11 is 12.5. The Morgan fingerprint density at radius 2 is 2.03 bits per heavy atom. The zero-order valence-corrected chi connectivity index (χ0v) is 21.7. The predicted molar refractivity (Wildman–Crippen MR) is 139 cm³/mol. The third kappa shape index (κ3) is 5.99. The van der Waals surface area contributed by atoms with Gasteiger partial charge in [-0.1, -0.05) is 49.9 Å². The van der Waals surface area contributed by atoms with E-state index in [1.165, 1.54) is 11.8 Å². The largest absolute Gasteiger partial charge is 0.327 e. The molecule has 1 saturated heterocycles. The number of imide groups is 1. The maximum absolute atomic E-state index is 12.9. The minimum Gasteiger partial charge on any atom is -0.300 e. The second-order valence-electron chi connectivity index (χ2n) is 9.11. The average Bonchev–Trinajstić information content (AvgIpc) is 3.41. The Labute approximate surface area is 211 Å². The molecule has 33 heavy (non-hydrogen) atoms. The van der Waals surface area contributed by atoms with E-state index in [4.69, 9.17) is 11.6 Å². The van der Waals surface area contributed by atoms with Crippen molar-refractivity contribution in [1.82, 2.24) is 20.4 Å². The maximum atomic E-state index is 12.9. The van der Waals surface area contributed by atoms with Gasteiger partial charge in [0.25, 0.3) is 0 Å². The number of carbonyl (C=O) groups excluding carboxylic acids is 2. The van der Waals surface area contributed by atoms with Gasteiger partial charge in [-0.15, -0.1) is 11.6 Å². The van der Waals surface area contributed by atoms with Gasteiger partial charge in [0, 0.05) is 35.7 Å². The fourth-order valence-corrected chi connectivity index (χ4v) is 7.22. The van der Waals surface area contributed by atoms with Crippen LogP contribution in [0.15, 0.2) is 29.3 Å². The molecule has 0 aromatic rings. The lowest BCUT2D eigenvalue weighted by molar-refractivity contribution is -0.124. The number of aliphatic imine (C=N–C) groups is 1. The van der Waals surface area contributed by atoms with Gasteiger partial charge in [0.2, 0.25) is 5.91 Å². The summed E-state index contributed by atoms with van der Waals surface area (Å²) in [6.45, 7) is 8.52. The van der Waals surface area contributed by atoms with Crippen LogP contribution in [0.5, 0.6) is 0 Å². The molecule has 0 aromatic heterocycles. The number of allylic oxidation sites excluding steroid dienone is 1. The Bertz CT molecular complexity index is 834. The predicted octanol–water partition coefficient (Wildman–Crippen LogP) is 2.88. The fraction of sp³-hybridized carbons (Fsp3) is 0.696. The molecule has 10 heteroatoms. The van der Waals surface area contributed by atoms with Crippen molar-refractivity contribution in [1.29, 1.82) is 0 Å². The monoisotopic (exact) mass is 511 g/mol. The van der Waals surface area contributed by atoms with Crippen LogP contribution >= 0.6 is 36.0 Å². The Balaban J connectivity index is 1.29. The van der Waals surface area contributed by atoms with Crippen molar-refractivity contribution in [3.05, 3.63) is 24.3 Å². The number of nitrogens with one attached hydrogen (secondary N) is 2. The summed E-state index contributed by atoms with van der Waals surface area (Å²) < 4.78 is 0. The van der Waals surface area contributed by atoms with Crippen LogP contribution in [0.1, 0.15) is 33.1 Å². The number of likely N-dealkylation sites (N-methyl/N-ethyl adjacent to an activating group) is 1. The summed E-state index contributed by atoms with van der Waals surface area (Å²) in [7, 11) is 0. The van der Waals surface area contributed by atoms with Crippen LogP contribution in [-0.4, -0.2) is 87.1 Å². The van der Waals surface area contributed by atoms with E-state index in [1.807, 2.05) is 18.2 Å². The molecule has 0 radical (unpaired) electrons. The van der Waals surface area contributed by atoms with Crippen LogP contribution < -0.4 is 10.6 Å². The molecule has 7 atom stereocenters. The van der Waals surface area contributed by atoms with Crippen molar-refractivity contribution in [2.24, 2.45) is 10.9 Å². The van der Waals surface area contributed by atoms with E-state index >= 15 is 0 Å². The van der Waals surface area contributed by atoms with E-state index in [0.29, 0.717) is 17.6 Å². The first-order valence-corrected chi connectivity index (χ1v) is 13.7. The van der Waals surface area contributed by atoms with Crippen molar-refractivity contribution in [3.63, 3.8) is 0 Å². The molecule has 2 aliphatic heterocycles. The van der Waals surface area contributed by atoms with Crippen LogP contribution in [0.25, 0.3) is 0 Å². The zero-order valence-electron chi connectivity index (χ0n) is 19.2. The van der Waals surface area contributed by atoms with E-state index in [1.54, 1.807) is 0 Å². The molecule has 0 spiro atoms. The number of hydrogen-bond acceptors (Lipinski definition) is 7. The van der Waals surface area contributed by atoms with Gasteiger partial charge in [0.05, 0.1) is 17.3 Å². The lowest BCUT2D eigenvalue weighted by Gasteiger charge is -2.34. The van der Waals surface area contributed by atoms with E-state index in [0.717, 1.165) is 39.0 Å². The highest BCUT2D eigenvalue weighted by Crippen LogP contribution is 2.35. The number of amides is 3. The molecule has 182 valence electrons. The van der Waals surface area contributed by atoms with E-state index in [-0.39, 0.29) is 28.5 Å². The number of carbonyl (C=O) groups is 2. The Morgan fingerprint density at radius 3 is 2.79 bits per heavy atom. The Kier molecular flexibility index (Phi) is 8.49. The van der Waals surface area contributed by atoms with Crippen molar-refractivity contribution in [2.75, 3.05) is 26.2 Å².